The van der Waals surface area contributed by atoms with Gasteiger partial charge in [0, 0.05) is 18.6 Å². The first-order valence-electron chi connectivity index (χ1n) is 6.13. The van der Waals surface area contributed by atoms with Gasteiger partial charge in [0.05, 0.1) is 13.2 Å². The fraction of sp³-hybridized carbons (Fsp3) is 0.333. The molecule has 0 bridgehead atoms. The first kappa shape index (κ1) is 16.9. The number of rotatable bonds is 8. The second-order valence-electron chi connectivity index (χ2n) is 3.46. The average Bonchev–Trinajstić information content (AvgIpc) is 2.39. The predicted octanol–water partition coefficient (Wildman–Crippen LogP) is 2.73. The summed E-state index contributed by atoms with van der Waals surface area (Å²) in [5.74, 6) is -0.810. The topological polar surface area (TPSA) is 52.6 Å². The van der Waals surface area contributed by atoms with Crippen LogP contribution in [0.3, 0.4) is 0 Å². The van der Waals surface area contributed by atoms with Crippen molar-refractivity contribution in [2.24, 2.45) is 0 Å². The molecule has 0 aromatic rings. The van der Waals surface area contributed by atoms with Crippen LogP contribution in [0.4, 0.5) is 0 Å². The third kappa shape index (κ3) is 12.2. The Morgan fingerprint density at radius 2 is 1.21 bits per heavy atom. The normalized spacial score (nSPS) is 11.9. The van der Waals surface area contributed by atoms with Crippen LogP contribution < -0.4 is 0 Å². The molecule has 0 aliphatic rings. The van der Waals surface area contributed by atoms with Gasteiger partial charge in [-0.3, -0.25) is 0 Å². The zero-order chi connectivity index (χ0) is 14.3. The van der Waals surface area contributed by atoms with E-state index in [4.69, 9.17) is 9.47 Å². The second kappa shape index (κ2) is 12.4. The first-order valence-corrected chi connectivity index (χ1v) is 6.13. The molecule has 0 radical (unpaired) electrons. The molecule has 0 aromatic heterocycles. The van der Waals surface area contributed by atoms with Crippen LogP contribution >= 0.6 is 0 Å². The summed E-state index contributed by atoms with van der Waals surface area (Å²) in [5, 5.41) is 0. The third-order valence-corrected chi connectivity index (χ3v) is 1.85. The fourth-order valence-electron chi connectivity index (χ4n) is 0.991. The highest BCUT2D eigenvalue weighted by molar-refractivity contribution is 5.82. The Kier molecular flexibility index (Phi) is 11.0. The Balaban J connectivity index is 3.59. The largest absolute Gasteiger partial charge is 0.462 e. The Morgan fingerprint density at radius 3 is 1.58 bits per heavy atom. The molecule has 0 heterocycles. The minimum absolute atomic E-state index is 0.227. The highest BCUT2D eigenvalue weighted by Gasteiger charge is 1.98. The van der Waals surface area contributed by atoms with Gasteiger partial charge in [0.15, 0.2) is 0 Å². The van der Waals surface area contributed by atoms with E-state index in [-0.39, 0.29) is 13.2 Å². The minimum atomic E-state index is -0.405. The van der Waals surface area contributed by atoms with Crippen molar-refractivity contribution in [3.8, 4) is 0 Å². The van der Waals surface area contributed by atoms with E-state index in [0.717, 1.165) is 0 Å². The van der Waals surface area contributed by atoms with Gasteiger partial charge in [-0.05, 0) is 13.8 Å². The number of carbonyl (C=O) groups excluding carboxylic acids is 2. The number of hydrogen-bond donors (Lipinski definition) is 0. The zero-order valence-corrected chi connectivity index (χ0v) is 11.4. The Bertz CT molecular complexity index is 340. The van der Waals surface area contributed by atoms with Gasteiger partial charge >= 0.3 is 11.9 Å². The smallest absolute Gasteiger partial charge is 0.330 e. The lowest BCUT2D eigenvalue weighted by Crippen LogP contribution is -2.07. The van der Waals surface area contributed by atoms with Crippen molar-refractivity contribution < 1.29 is 19.1 Å². The molecule has 4 nitrogen and oxygen atoms in total. The van der Waals surface area contributed by atoms with Crippen LogP contribution in [0, 0.1) is 0 Å². The first-order chi connectivity index (χ1) is 9.20. The lowest BCUT2D eigenvalue weighted by Gasteiger charge is -2.02. The van der Waals surface area contributed by atoms with Crippen molar-refractivity contribution in [1.82, 2.24) is 0 Å². The lowest BCUT2D eigenvalue weighted by atomic mass is 10.4. The van der Waals surface area contributed by atoms with Crippen molar-refractivity contribution in [1.29, 1.82) is 0 Å². The van der Waals surface area contributed by atoms with E-state index >= 15 is 0 Å². The molecule has 0 fully saturated rings. The van der Waals surface area contributed by atoms with Gasteiger partial charge in [-0.1, -0.05) is 36.5 Å². The van der Waals surface area contributed by atoms with E-state index < -0.39 is 11.9 Å². The van der Waals surface area contributed by atoms with Gasteiger partial charge < -0.3 is 9.47 Å². The van der Waals surface area contributed by atoms with Crippen molar-refractivity contribution in [3.05, 3.63) is 48.6 Å². The van der Waals surface area contributed by atoms with Gasteiger partial charge in [0.25, 0.3) is 0 Å². The molecular formula is C15H20O4. The van der Waals surface area contributed by atoms with Crippen molar-refractivity contribution >= 4 is 11.9 Å². The summed E-state index contributed by atoms with van der Waals surface area (Å²) < 4.78 is 9.78. The van der Waals surface area contributed by atoms with Gasteiger partial charge in [0.2, 0.25) is 0 Å². The quantitative estimate of drug-likeness (QED) is 0.293. The summed E-state index contributed by atoms with van der Waals surface area (Å²) in [7, 11) is 0. The Morgan fingerprint density at radius 1 is 0.789 bits per heavy atom. The van der Waals surface area contributed by atoms with E-state index in [1.807, 2.05) is 26.0 Å². The van der Waals surface area contributed by atoms with Crippen LogP contribution in [0.5, 0.6) is 0 Å². The van der Waals surface area contributed by atoms with Gasteiger partial charge in [-0.25, -0.2) is 9.59 Å². The molecule has 4 heteroatoms. The molecular weight excluding hydrogens is 244 g/mol. The van der Waals surface area contributed by atoms with E-state index in [9.17, 15) is 9.59 Å². The molecule has 0 atom stereocenters. The molecule has 0 aromatic carbocycles. The standard InChI is InChI=1S/C15H20O4/c1-3-5-7-10-14(16)18-12-9-13-19-15(17)11-8-6-4-2/h3-8,10-11H,9,12-13H2,1-2H3. The van der Waals surface area contributed by atoms with Crippen LogP contribution in [0.2, 0.25) is 0 Å². The van der Waals surface area contributed by atoms with Crippen molar-refractivity contribution in [2.45, 2.75) is 20.3 Å². The van der Waals surface area contributed by atoms with Gasteiger partial charge in [0.1, 0.15) is 0 Å². The highest BCUT2D eigenvalue weighted by Crippen LogP contribution is 1.90. The number of esters is 2. The molecule has 0 amide bonds. The maximum absolute atomic E-state index is 11.1. The molecule has 0 saturated carbocycles. The van der Waals surface area contributed by atoms with E-state index in [0.29, 0.717) is 6.42 Å². The molecule has 0 N–H and O–H groups in total. The van der Waals surface area contributed by atoms with Gasteiger partial charge in [-0.2, -0.15) is 0 Å². The van der Waals surface area contributed by atoms with Crippen molar-refractivity contribution in [3.63, 3.8) is 0 Å². The third-order valence-electron chi connectivity index (χ3n) is 1.85. The molecule has 0 unspecified atom stereocenters. The maximum atomic E-state index is 11.1. The summed E-state index contributed by atoms with van der Waals surface area (Å²) in [4.78, 5) is 22.2. The molecule has 19 heavy (non-hydrogen) atoms. The van der Waals surface area contributed by atoms with E-state index in [2.05, 4.69) is 0 Å². The molecule has 0 aliphatic heterocycles. The Labute approximate surface area is 114 Å². The van der Waals surface area contributed by atoms with Crippen LogP contribution in [-0.2, 0) is 19.1 Å². The maximum Gasteiger partial charge on any atom is 0.330 e. The SMILES string of the molecule is CC=CC=CC(=O)OCCCOC(=O)C=CC=CC. The number of hydrogen-bond acceptors (Lipinski definition) is 4. The summed E-state index contributed by atoms with van der Waals surface area (Å²) in [6, 6.07) is 0. The number of carbonyl (C=O) groups is 2. The van der Waals surface area contributed by atoms with Crippen LogP contribution in [0.1, 0.15) is 20.3 Å². The molecule has 0 saturated heterocycles. The second-order valence-corrected chi connectivity index (χ2v) is 3.46. The molecule has 0 spiro atoms. The zero-order valence-electron chi connectivity index (χ0n) is 11.4. The van der Waals surface area contributed by atoms with Crippen LogP contribution in [0.15, 0.2) is 48.6 Å². The Hall–Kier alpha value is -2.10. The van der Waals surface area contributed by atoms with Gasteiger partial charge in [-0.15, -0.1) is 0 Å². The molecule has 0 aliphatic carbocycles. The summed E-state index contributed by atoms with van der Waals surface area (Å²) in [6.45, 7) is 4.17. The highest BCUT2D eigenvalue weighted by atomic mass is 16.5. The minimum Gasteiger partial charge on any atom is -0.462 e. The predicted molar refractivity (Wildman–Crippen MR) is 74.4 cm³/mol. The van der Waals surface area contributed by atoms with E-state index in [1.54, 1.807) is 24.3 Å². The van der Waals surface area contributed by atoms with Crippen molar-refractivity contribution in [2.75, 3.05) is 13.2 Å². The summed E-state index contributed by atoms with van der Waals surface area (Å²) >= 11 is 0. The monoisotopic (exact) mass is 264 g/mol. The summed E-state index contributed by atoms with van der Waals surface area (Å²) in [6.07, 6.45) is 13.5. The fourth-order valence-corrected chi connectivity index (χ4v) is 0.991. The van der Waals surface area contributed by atoms with E-state index in [1.165, 1.54) is 12.2 Å². The number of allylic oxidation sites excluding steroid dienone is 6. The molecule has 104 valence electrons. The number of ether oxygens (including phenoxy) is 2. The van der Waals surface area contributed by atoms with Crippen LogP contribution in [-0.4, -0.2) is 25.2 Å². The molecule has 0 rings (SSSR count). The van der Waals surface area contributed by atoms with Crippen LogP contribution in [0.25, 0.3) is 0 Å². The lowest BCUT2D eigenvalue weighted by molar-refractivity contribution is -0.140. The average molecular weight is 264 g/mol. The summed E-state index contributed by atoms with van der Waals surface area (Å²) in [5.41, 5.74) is 0.